The van der Waals surface area contributed by atoms with Crippen molar-refractivity contribution in [3.8, 4) is 0 Å². The van der Waals surface area contributed by atoms with E-state index in [-0.39, 0.29) is 17.9 Å². The van der Waals surface area contributed by atoms with Crippen LogP contribution >= 0.6 is 11.8 Å². The van der Waals surface area contributed by atoms with Crippen LogP contribution in [0.3, 0.4) is 0 Å². The lowest BCUT2D eigenvalue weighted by Crippen LogP contribution is -2.24. The number of aliphatic hydroxyl groups is 1. The molecule has 1 aromatic carbocycles. The van der Waals surface area contributed by atoms with Crippen LogP contribution in [0.1, 0.15) is 26.2 Å². The number of carbonyl (C=O) groups is 1. The first-order valence-electron chi connectivity index (χ1n) is 7.36. The van der Waals surface area contributed by atoms with Crippen molar-refractivity contribution < 1.29 is 9.90 Å². The van der Waals surface area contributed by atoms with Crippen LogP contribution in [0.4, 0.5) is 0 Å². The number of aliphatic hydroxyl groups excluding tert-OH is 1. The molecular formula is C16H20N2O3S. The largest absolute Gasteiger partial charge is 0.396 e. The lowest BCUT2D eigenvalue weighted by Gasteiger charge is -2.12. The van der Waals surface area contributed by atoms with Crippen molar-refractivity contribution in [1.82, 2.24) is 9.55 Å². The number of rotatable bonds is 8. The van der Waals surface area contributed by atoms with Crippen LogP contribution in [-0.4, -0.2) is 32.8 Å². The molecule has 2 rings (SSSR count). The number of hydrogen-bond acceptors (Lipinski definition) is 5. The summed E-state index contributed by atoms with van der Waals surface area (Å²) in [5, 5.41) is 10.3. The van der Waals surface area contributed by atoms with E-state index in [0.717, 1.165) is 12.2 Å². The van der Waals surface area contributed by atoms with E-state index in [1.807, 2.05) is 18.2 Å². The highest BCUT2D eigenvalue weighted by Gasteiger charge is 2.11. The molecule has 2 aromatic rings. The average molecular weight is 320 g/mol. The van der Waals surface area contributed by atoms with Crippen molar-refractivity contribution in [3.63, 3.8) is 0 Å². The van der Waals surface area contributed by atoms with E-state index in [9.17, 15) is 9.59 Å². The smallest absolute Gasteiger partial charge is 0.262 e. The summed E-state index contributed by atoms with van der Waals surface area (Å²) in [6.45, 7) is 2.06. The van der Waals surface area contributed by atoms with Gasteiger partial charge in [0.2, 0.25) is 0 Å². The van der Waals surface area contributed by atoms with Gasteiger partial charge >= 0.3 is 0 Å². The van der Waals surface area contributed by atoms with Gasteiger partial charge < -0.3 is 9.90 Å². The molecule has 22 heavy (non-hydrogen) atoms. The molecule has 0 saturated carbocycles. The zero-order chi connectivity index (χ0) is 15.9. The van der Waals surface area contributed by atoms with E-state index < -0.39 is 0 Å². The number of thioether (sulfide) groups is 1. The normalized spacial score (nSPS) is 11.0. The number of fused-ring (bicyclic) bond motifs is 1. The molecule has 6 heteroatoms. The lowest BCUT2D eigenvalue weighted by atomic mass is 10.2. The Hall–Kier alpha value is -1.66. The van der Waals surface area contributed by atoms with E-state index in [1.165, 1.54) is 11.8 Å². The Kier molecular flexibility index (Phi) is 6.15. The van der Waals surface area contributed by atoms with Crippen LogP contribution in [-0.2, 0) is 11.3 Å². The molecule has 0 fully saturated rings. The quantitative estimate of drug-likeness (QED) is 0.459. The predicted octanol–water partition coefficient (Wildman–Crippen LogP) is 2.24. The summed E-state index contributed by atoms with van der Waals surface area (Å²) < 4.78 is 1.62. The van der Waals surface area contributed by atoms with Gasteiger partial charge in [-0.1, -0.05) is 23.9 Å². The third-order valence-electron chi connectivity index (χ3n) is 3.27. The number of para-hydroxylation sites is 1. The lowest BCUT2D eigenvalue weighted by molar-refractivity contribution is -0.117. The van der Waals surface area contributed by atoms with Crippen molar-refractivity contribution in [2.24, 2.45) is 0 Å². The van der Waals surface area contributed by atoms with Crippen molar-refractivity contribution in [2.45, 2.75) is 37.9 Å². The van der Waals surface area contributed by atoms with E-state index in [1.54, 1.807) is 17.6 Å². The minimum Gasteiger partial charge on any atom is -0.396 e. The third-order valence-corrected chi connectivity index (χ3v) is 4.33. The molecule has 0 radical (unpaired) electrons. The van der Waals surface area contributed by atoms with Crippen molar-refractivity contribution in [1.29, 1.82) is 0 Å². The molecule has 0 amide bonds. The highest BCUT2D eigenvalue weighted by atomic mass is 32.2. The van der Waals surface area contributed by atoms with Gasteiger partial charge in [0.05, 0.1) is 10.9 Å². The fraction of sp³-hybridized carbons (Fsp3) is 0.438. The van der Waals surface area contributed by atoms with Crippen molar-refractivity contribution >= 4 is 28.4 Å². The molecule has 0 spiro atoms. The molecular weight excluding hydrogens is 300 g/mol. The first kappa shape index (κ1) is 16.7. The molecule has 5 nitrogen and oxygen atoms in total. The Morgan fingerprint density at radius 3 is 2.82 bits per heavy atom. The maximum Gasteiger partial charge on any atom is 0.262 e. The zero-order valence-electron chi connectivity index (χ0n) is 12.6. The van der Waals surface area contributed by atoms with E-state index in [4.69, 9.17) is 5.11 Å². The summed E-state index contributed by atoms with van der Waals surface area (Å²) in [5.74, 6) is 0.911. The molecule has 0 bridgehead atoms. The summed E-state index contributed by atoms with van der Waals surface area (Å²) in [7, 11) is 0. The molecule has 0 unspecified atom stereocenters. The first-order chi connectivity index (χ1) is 10.6. The van der Waals surface area contributed by atoms with Gasteiger partial charge in [-0.15, -0.1) is 0 Å². The molecule has 118 valence electrons. The van der Waals surface area contributed by atoms with Gasteiger partial charge in [0.1, 0.15) is 5.78 Å². The van der Waals surface area contributed by atoms with Crippen molar-refractivity contribution in [3.05, 3.63) is 34.6 Å². The van der Waals surface area contributed by atoms with Gasteiger partial charge in [-0.3, -0.25) is 9.36 Å². The monoisotopic (exact) mass is 320 g/mol. The zero-order valence-corrected chi connectivity index (χ0v) is 13.4. The van der Waals surface area contributed by atoms with Crippen LogP contribution < -0.4 is 5.56 Å². The number of Topliss-reactive ketones (excluding diaryl/α,β-unsaturated/α-hetero) is 1. The standard InChI is InChI=1S/C16H20N2O3S/c1-12(20)6-4-11-22-16-17-14-8-3-2-7-13(14)15(21)18(16)9-5-10-19/h2-3,7-8,19H,4-6,9-11H2,1H3. The van der Waals surface area contributed by atoms with Crippen LogP contribution in [0, 0.1) is 0 Å². The van der Waals surface area contributed by atoms with Gasteiger partial charge in [0.25, 0.3) is 5.56 Å². The average Bonchev–Trinajstić information content (AvgIpc) is 2.51. The number of benzene rings is 1. The van der Waals surface area contributed by atoms with Gasteiger partial charge in [-0.05, 0) is 31.9 Å². The van der Waals surface area contributed by atoms with Gasteiger partial charge in [0, 0.05) is 25.3 Å². The Morgan fingerprint density at radius 2 is 2.09 bits per heavy atom. The van der Waals surface area contributed by atoms with Crippen LogP contribution in [0.5, 0.6) is 0 Å². The number of carbonyl (C=O) groups excluding carboxylic acids is 1. The van der Waals surface area contributed by atoms with Gasteiger partial charge in [-0.25, -0.2) is 4.98 Å². The van der Waals surface area contributed by atoms with Crippen LogP contribution in [0.25, 0.3) is 10.9 Å². The molecule has 0 saturated heterocycles. The van der Waals surface area contributed by atoms with E-state index in [2.05, 4.69) is 4.98 Å². The van der Waals surface area contributed by atoms with Crippen LogP contribution in [0.2, 0.25) is 0 Å². The maximum atomic E-state index is 12.6. The summed E-state index contributed by atoms with van der Waals surface area (Å²) >= 11 is 1.49. The Balaban J connectivity index is 2.28. The number of nitrogens with zero attached hydrogens (tertiary/aromatic N) is 2. The summed E-state index contributed by atoms with van der Waals surface area (Å²) in [5.41, 5.74) is 0.606. The van der Waals surface area contributed by atoms with E-state index >= 15 is 0 Å². The molecule has 1 aromatic heterocycles. The fourth-order valence-electron chi connectivity index (χ4n) is 2.17. The number of aromatic nitrogens is 2. The molecule has 1 N–H and O–H groups in total. The molecule has 0 atom stereocenters. The van der Waals surface area contributed by atoms with E-state index in [0.29, 0.717) is 35.4 Å². The summed E-state index contributed by atoms with van der Waals surface area (Å²) in [6, 6.07) is 7.27. The number of hydrogen-bond donors (Lipinski definition) is 1. The summed E-state index contributed by atoms with van der Waals surface area (Å²) in [6.07, 6.45) is 1.82. The molecule has 0 aliphatic rings. The Labute approximate surface area is 133 Å². The van der Waals surface area contributed by atoms with Crippen LogP contribution in [0.15, 0.2) is 34.2 Å². The minimum absolute atomic E-state index is 0.0354. The topological polar surface area (TPSA) is 72.2 Å². The second-order valence-electron chi connectivity index (χ2n) is 5.10. The van der Waals surface area contributed by atoms with Gasteiger partial charge in [-0.2, -0.15) is 0 Å². The predicted molar refractivity (Wildman–Crippen MR) is 88.3 cm³/mol. The summed E-state index contributed by atoms with van der Waals surface area (Å²) in [4.78, 5) is 28.1. The highest BCUT2D eigenvalue weighted by Crippen LogP contribution is 2.19. The van der Waals surface area contributed by atoms with Crippen molar-refractivity contribution in [2.75, 3.05) is 12.4 Å². The molecule has 0 aliphatic heterocycles. The molecule has 1 heterocycles. The second-order valence-corrected chi connectivity index (χ2v) is 6.16. The van der Waals surface area contributed by atoms with Gasteiger partial charge in [0.15, 0.2) is 5.16 Å². The second kappa shape index (κ2) is 8.10. The highest BCUT2D eigenvalue weighted by molar-refractivity contribution is 7.99. The SMILES string of the molecule is CC(=O)CCCSc1nc2ccccc2c(=O)n1CCCO. The molecule has 0 aliphatic carbocycles. The minimum atomic E-state index is -0.0758. The number of ketones is 1. The third kappa shape index (κ3) is 4.18. The fourth-order valence-corrected chi connectivity index (χ4v) is 3.13. The Morgan fingerprint density at radius 1 is 1.32 bits per heavy atom. The first-order valence-corrected chi connectivity index (χ1v) is 8.34. The Bertz CT molecular complexity index is 712. The maximum absolute atomic E-state index is 12.6.